The van der Waals surface area contributed by atoms with E-state index in [1.165, 1.54) is 0 Å². The van der Waals surface area contributed by atoms with Gasteiger partial charge < -0.3 is 23.7 Å². The number of ketones is 1. The first-order valence-corrected chi connectivity index (χ1v) is 17.4. The Labute approximate surface area is 244 Å². The number of allylic oxidation sites excluding steroid dienone is 1. The molecule has 0 aliphatic carbocycles. The maximum absolute atomic E-state index is 13.3. The van der Waals surface area contributed by atoms with Gasteiger partial charge in [-0.3, -0.25) is 9.36 Å². The number of carbonyl (C=O) groups excluding carboxylic acids is 2. The first-order chi connectivity index (χ1) is 19.5. The molecule has 0 saturated heterocycles. The van der Waals surface area contributed by atoms with E-state index in [2.05, 4.69) is 25.6 Å². The smallest absolute Gasteiger partial charge is 0.441 e. The monoisotopic (exact) mass is 600 g/mol. The fourth-order valence-electron chi connectivity index (χ4n) is 4.63. The van der Waals surface area contributed by atoms with Crippen molar-refractivity contribution in [1.82, 2.24) is 0 Å². The highest BCUT2D eigenvalue weighted by Crippen LogP contribution is 2.48. The minimum absolute atomic E-state index is 0.0111. The van der Waals surface area contributed by atoms with E-state index in [1.807, 2.05) is 60.7 Å². The Morgan fingerprint density at radius 1 is 0.927 bits per heavy atom. The summed E-state index contributed by atoms with van der Waals surface area (Å²) >= 11 is 0. The van der Waals surface area contributed by atoms with Gasteiger partial charge in [0.2, 0.25) is 0 Å². The van der Waals surface area contributed by atoms with Crippen molar-refractivity contribution in [3.8, 4) is 0 Å². The maximum atomic E-state index is 13.3. The van der Waals surface area contributed by atoms with Crippen LogP contribution in [0.4, 0.5) is 0 Å². The van der Waals surface area contributed by atoms with Crippen LogP contribution >= 0.6 is 7.60 Å². The fourth-order valence-corrected chi connectivity index (χ4v) is 10.7. The molecule has 1 atom stereocenters. The molecule has 0 unspecified atom stereocenters. The molecule has 2 rings (SSSR count). The van der Waals surface area contributed by atoms with Crippen molar-refractivity contribution in [1.29, 1.82) is 0 Å². The first-order valence-electron chi connectivity index (χ1n) is 13.7. The number of rotatable bonds is 16. The van der Waals surface area contributed by atoms with E-state index in [-0.39, 0.29) is 32.4 Å². The van der Waals surface area contributed by atoms with Gasteiger partial charge in [0.25, 0.3) is 14.1 Å². The zero-order valence-corrected chi connectivity index (χ0v) is 26.6. The number of hydrogen-bond donors (Lipinski definition) is 0. The maximum Gasteiger partial charge on any atom is 0.441 e. The fraction of sp³-hybridized carbons (Fsp3) is 0.433. The second-order valence-corrected chi connectivity index (χ2v) is 16.5. The average molecular weight is 601 g/mol. The SMILES string of the molecule is CCOC(=O)C(=[N+]=[N-])C(=O)C[C@@H](/C=C/CP(=O)(OCC)OCC)O[Si](c1ccccc1)(c1ccccc1)C(C)(C)C. The summed E-state index contributed by atoms with van der Waals surface area (Å²) in [5.41, 5.74) is 8.75. The van der Waals surface area contributed by atoms with Gasteiger partial charge in [-0.2, -0.15) is 4.79 Å². The minimum Gasteiger partial charge on any atom is -0.457 e. The van der Waals surface area contributed by atoms with Crippen LogP contribution in [0.15, 0.2) is 72.8 Å². The van der Waals surface area contributed by atoms with Crippen LogP contribution in [-0.2, 0) is 32.4 Å². The first kappa shape index (κ1) is 34.2. The predicted molar refractivity (Wildman–Crippen MR) is 162 cm³/mol. The molecule has 0 N–H and O–H groups in total. The number of carbonyl (C=O) groups is 2. The van der Waals surface area contributed by atoms with Gasteiger partial charge >= 0.3 is 19.3 Å². The summed E-state index contributed by atoms with van der Waals surface area (Å²) < 4.78 is 35.9. The molecular weight excluding hydrogens is 559 g/mol. The molecule has 222 valence electrons. The van der Waals surface area contributed by atoms with Gasteiger partial charge in [0, 0.05) is 6.42 Å². The third-order valence-electron chi connectivity index (χ3n) is 6.30. The van der Waals surface area contributed by atoms with Gasteiger partial charge in [-0.15, -0.1) is 0 Å². The molecule has 0 saturated carbocycles. The molecule has 11 heteroatoms. The molecular formula is C30H41N2O7PSi. The van der Waals surface area contributed by atoms with Crippen LogP contribution in [0.25, 0.3) is 5.53 Å². The van der Waals surface area contributed by atoms with Crippen LogP contribution in [0.2, 0.25) is 5.04 Å². The predicted octanol–water partition coefficient (Wildman–Crippen LogP) is 4.95. The highest BCUT2D eigenvalue weighted by atomic mass is 31.2. The summed E-state index contributed by atoms with van der Waals surface area (Å²) in [5.74, 6) is -1.78. The van der Waals surface area contributed by atoms with Gasteiger partial charge in [0.15, 0.2) is 0 Å². The number of benzene rings is 2. The van der Waals surface area contributed by atoms with Gasteiger partial charge in [-0.25, -0.2) is 4.79 Å². The number of nitrogens with zero attached hydrogens (tertiary/aromatic N) is 2. The molecule has 2 aromatic rings. The lowest BCUT2D eigenvalue weighted by molar-refractivity contribution is -0.141. The summed E-state index contributed by atoms with van der Waals surface area (Å²) in [6.07, 6.45) is 2.00. The van der Waals surface area contributed by atoms with Crippen molar-refractivity contribution >= 4 is 43.8 Å². The Kier molecular flexibility index (Phi) is 13.3. The lowest BCUT2D eigenvalue weighted by Crippen LogP contribution is -2.67. The van der Waals surface area contributed by atoms with Crippen molar-refractivity contribution in [2.75, 3.05) is 26.0 Å². The molecule has 0 spiro atoms. The lowest BCUT2D eigenvalue weighted by atomic mass is 10.1. The zero-order chi connectivity index (χ0) is 30.5. The molecule has 0 aliphatic rings. The molecule has 2 aromatic carbocycles. The van der Waals surface area contributed by atoms with Crippen molar-refractivity contribution in [3.05, 3.63) is 78.3 Å². The standard InChI is InChI=1S/C30H41N2O7PSi/c1-7-36-29(34)28(32-31)27(33)23-24(17-16-22-40(35,37-8-2)38-9-3)39-41(30(4,5)6,25-18-12-10-13-19-25)26-20-14-11-15-21-26/h10-21,24H,7-9,22-23H2,1-6H3/b17-16+/t24-/m1/s1. The highest BCUT2D eigenvalue weighted by Gasteiger charge is 2.51. The Balaban J connectivity index is 2.66. The number of hydrogen-bond acceptors (Lipinski definition) is 7. The molecule has 0 radical (unpaired) electrons. The summed E-state index contributed by atoms with van der Waals surface area (Å²) in [5, 5.41) is 1.56. The Bertz CT molecular complexity index is 1220. The molecule has 0 bridgehead atoms. The molecule has 0 heterocycles. The van der Waals surface area contributed by atoms with E-state index in [0.29, 0.717) is 0 Å². The summed E-state index contributed by atoms with van der Waals surface area (Å²) in [6.45, 7) is 11.8. The molecule has 0 aliphatic heterocycles. The van der Waals surface area contributed by atoms with E-state index in [0.717, 1.165) is 10.4 Å². The zero-order valence-electron chi connectivity index (χ0n) is 24.7. The largest absolute Gasteiger partial charge is 0.457 e. The molecule has 0 fully saturated rings. The van der Waals surface area contributed by atoms with Gasteiger partial charge in [0.1, 0.15) is 0 Å². The summed E-state index contributed by atoms with van der Waals surface area (Å²) in [6, 6.07) is 19.7. The second kappa shape index (κ2) is 15.9. The van der Waals surface area contributed by atoms with E-state index in [4.69, 9.17) is 18.2 Å². The molecule has 0 aromatic heterocycles. The van der Waals surface area contributed by atoms with Gasteiger partial charge in [0.05, 0.1) is 32.1 Å². The number of Topliss-reactive ketones (excluding diaryl/α,β-unsaturated/α-hetero) is 1. The Morgan fingerprint density at radius 3 is 1.85 bits per heavy atom. The normalized spacial score (nSPS) is 13.0. The van der Waals surface area contributed by atoms with Crippen molar-refractivity contribution in [3.63, 3.8) is 0 Å². The molecule has 41 heavy (non-hydrogen) atoms. The average Bonchev–Trinajstić information content (AvgIpc) is 2.92. The van der Waals surface area contributed by atoms with E-state index in [1.54, 1.807) is 32.9 Å². The van der Waals surface area contributed by atoms with Crippen molar-refractivity contribution in [2.24, 2.45) is 0 Å². The third-order valence-corrected chi connectivity index (χ3v) is 13.3. The van der Waals surface area contributed by atoms with Crippen LogP contribution in [0.3, 0.4) is 0 Å². The lowest BCUT2D eigenvalue weighted by Gasteiger charge is -2.44. The summed E-state index contributed by atoms with van der Waals surface area (Å²) in [4.78, 5) is 28.5. The quantitative estimate of drug-likeness (QED) is 0.0390. The highest BCUT2D eigenvalue weighted by molar-refractivity contribution is 7.54. The third kappa shape index (κ3) is 9.00. The molecule has 0 amide bonds. The Hall–Kier alpha value is -2.97. The number of esters is 1. The van der Waals surface area contributed by atoms with E-state index >= 15 is 0 Å². The second-order valence-electron chi connectivity index (χ2n) is 10.2. The number of ether oxygens (including phenoxy) is 1. The van der Waals surface area contributed by atoms with Crippen LogP contribution < -0.4 is 10.4 Å². The van der Waals surface area contributed by atoms with Crippen molar-refractivity contribution in [2.45, 2.75) is 59.1 Å². The van der Waals surface area contributed by atoms with Crippen LogP contribution in [0.5, 0.6) is 0 Å². The van der Waals surface area contributed by atoms with Crippen LogP contribution in [0.1, 0.15) is 48.0 Å². The van der Waals surface area contributed by atoms with Crippen molar-refractivity contribution < 1.29 is 37.2 Å². The van der Waals surface area contributed by atoms with Crippen LogP contribution in [0, 0.1) is 0 Å². The van der Waals surface area contributed by atoms with E-state index in [9.17, 15) is 19.7 Å². The minimum atomic E-state index is -3.41. The topological polar surface area (TPSA) is 125 Å². The van der Waals surface area contributed by atoms with Gasteiger partial charge in [-0.1, -0.05) is 93.6 Å². The van der Waals surface area contributed by atoms with Crippen LogP contribution in [-0.4, -0.2) is 62.7 Å². The van der Waals surface area contributed by atoms with Gasteiger partial charge in [-0.05, 0) is 36.2 Å². The Morgan fingerprint density at radius 2 is 1.44 bits per heavy atom. The summed E-state index contributed by atoms with van der Waals surface area (Å²) in [7, 11) is -6.56. The molecule has 9 nitrogen and oxygen atoms in total. The van der Waals surface area contributed by atoms with E-state index < -0.39 is 44.5 Å².